The van der Waals surface area contributed by atoms with E-state index in [2.05, 4.69) is 9.89 Å². The van der Waals surface area contributed by atoms with E-state index >= 15 is 0 Å². The van der Waals surface area contributed by atoms with Crippen LogP contribution >= 0.6 is 0 Å². The Bertz CT molecular complexity index is 271. The molecule has 0 aromatic heterocycles. The van der Waals surface area contributed by atoms with Gasteiger partial charge in [0.25, 0.3) is 0 Å². The first-order chi connectivity index (χ1) is 7.94. The molecule has 1 aliphatic heterocycles. The smallest absolute Gasteiger partial charge is 0.409 e. The second-order valence-corrected chi connectivity index (χ2v) is 3.89. The maximum Gasteiger partial charge on any atom is 0.411 e. The van der Waals surface area contributed by atoms with Gasteiger partial charge in [0, 0.05) is 6.54 Å². The van der Waals surface area contributed by atoms with Crippen LogP contribution in [-0.4, -0.2) is 54.5 Å². The highest BCUT2D eigenvalue weighted by Gasteiger charge is 2.29. The molecule has 1 heterocycles. The minimum Gasteiger partial charge on any atom is -0.409 e. The standard InChI is InChI=1S/C9H16F3N3O2/c10-9(11,12)6-17-5-4-15-3-1-2-7(15)8(13)14-16/h7,16H,1-6H2,(H2,13,14). The second kappa shape index (κ2) is 6.06. The Hall–Kier alpha value is -1.02. The number of alkyl halides is 3. The number of hydrogen-bond acceptors (Lipinski definition) is 4. The molecule has 1 saturated heterocycles. The first kappa shape index (κ1) is 14.0. The van der Waals surface area contributed by atoms with Crippen molar-refractivity contribution in [3.05, 3.63) is 0 Å². The molecule has 8 heteroatoms. The lowest BCUT2D eigenvalue weighted by molar-refractivity contribution is -0.174. The van der Waals surface area contributed by atoms with Crippen LogP contribution in [0.5, 0.6) is 0 Å². The molecule has 1 fully saturated rings. The van der Waals surface area contributed by atoms with E-state index in [4.69, 9.17) is 10.9 Å². The van der Waals surface area contributed by atoms with Gasteiger partial charge in [-0.3, -0.25) is 4.90 Å². The summed E-state index contributed by atoms with van der Waals surface area (Å²) in [6.07, 6.45) is -2.68. The number of rotatable bonds is 5. The average Bonchev–Trinajstić information content (AvgIpc) is 2.70. The summed E-state index contributed by atoms with van der Waals surface area (Å²) in [4.78, 5) is 1.85. The van der Waals surface area contributed by atoms with Gasteiger partial charge in [0.05, 0.1) is 12.6 Å². The maximum absolute atomic E-state index is 11.8. The summed E-state index contributed by atoms with van der Waals surface area (Å²) in [5, 5.41) is 11.5. The van der Waals surface area contributed by atoms with Crippen LogP contribution < -0.4 is 5.73 Å². The molecule has 100 valence electrons. The third kappa shape index (κ3) is 4.78. The highest BCUT2D eigenvalue weighted by molar-refractivity contribution is 5.85. The summed E-state index contributed by atoms with van der Waals surface area (Å²) in [6, 6.07) is -0.200. The number of halogens is 3. The van der Waals surface area contributed by atoms with Gasteiger partial charge in [-0.25, -0.2) is 0 Å². The predicted molar refractivity (Wildman–Crippen MR) is 54.9 cm³/mol. The lowest BCUT2D eigenvalue weighted by Crippen LogP contribution is -2.42. The fourth-order valence-electron chi connectivity index (χ4n) is 1.87. The van der Waals surface area contributed by atoms with Crippen molar-refractivity contribution in [3.63, 3.8) is 0 Å². The van der Waals surface area contributed by atoms with Gasteiger partial charge in [-0.1, -0.05) is 5.16 Å². The number of ether oxygens (including phenoxy) is 1. The maximum atomic E-state index is 11.8. The number of oxime groups is 1. The first-order valence-electron chi connectivity index (χ1n) is 5.30. The molecule has 1 aliphatic rings. The van der Waals surface area contributed by atoms with E-state index in [1.54, 1.807) is 0 Å². The summed E-state index contributed by atoms with van der Waals surface area (Å²) < 4.78 is 39.9. The Kier molecular flexibility index (Phi) is 5.01. The number of nitrogens with two attached hydrogens (primary N) is 1. The number of hydrogen-bond donors (Lipinski definition) is 2. The monoisotopic (exact) mass is 255 g/mol. The van der Waals surface area contributed by atoms with Crippen molar-refractivity contribution in [1.82, 2.24) is 4.90 Å². The first-order valence-corrected chi connectivity index (χ1v) is 5.30. The van der Waals surface area contributed by atoms with Crippen LogP contribution in [0.25, 0.3) is 0 Å². The summed E-state index contributed by atoms with van der Waals surface area (Å²) in [5.74, 6) is 0.0957. The van der Waals surface area contributed by atoms with Crippen LogP contribution in [-0.2, 0) is 4.74 Å². The fraction of sp³-hybridized carbons (Fsp3) is 0.889. The quantitative estimate of drug-likeness (QED) is 0.250. The van der Waals surface area contributed by atoms with E-state index in [9.17, 15) is 13.2 Å². The summed E-state index contributed by atoms with van der Waals surface area (Å²) >= 11 is 0. The van der Waals surface area contributed by atoms with Crippen LogP contribution in [0.1, 0.15) is 12.8 Å². The minimum atomic E-state index is -4.30. The molecule has 0 aliphatic carbocycles. The molecule has 1 unspecified atom stereocenters. The van der Waals surface area contributed by atoms with Crippen LogP contribution in [0.3, 0.4) is 0 Å². The zero-order valence-electron chi connectivity index (χ0n) is 9.28. The zero-order chi connectivity index (χ0) is 12.9. The lowest BCUT2D eigenvalue weighted by Gasteiger charge is -2.23. The normalized spacial score (nSPS) is 23.2. The number of likely N-dealkylation sites (tertiary alicyclic amines) is 1. The molecular formula is C9H16F3N3O2. The van der Waals surface area contributed by atoms with Crippen LogP contribution in [0, 0.1) is 0 Å². The van der Waals surface area contributed by atoms with Crippen LogP contribution in [0.15, 0.2) is 5.16 Å². The van der Waals surface area contributed by atoms with Crippen molar-refractivity contribution in [3.8, 4) is 0 Å². The largest absolute Gasteiger partial charge is 0.411 e. The molecule has 0 radical (unpaired) electrons. The van der Waals surface area contributed by atoms with Crippen LogP contribution in [0.4, 0.5) is 13.2 Å². The van der Waals surface area contributed by atoms with E-state index in [1.807, 2.05) is 4.90 Å². The van der Waals surface area contributed by atoms with E-state index in [1.165, 1.54) is 0 Å². The Morgan fingerprint density at radius 2 is 2.24 bits per heavy atom. The fourth-order valence-corrected chi connectivity index (χ4v) is 1.87. The van der Waals surface area contributed by atoms with Gasteiger partial charge < -0.3 is 15.7 Å². The van der Waals surface area contributed by atoms with Crippen molar-refractivity contribution in [2.75, 3.05) is 26.3 Å². The SMILES string of the molecule is NC(=NO)C1CCCN1CCOCC(F)(F)F. The van der Waals surface area contributed by atoms with Crippen molar-refractivity contribution >= 4 is 5.84 Å². The highest BCUT2D eigenvalue weighted by Crippen LogP contribution is 2.17. The number of nitrogens with zero attached hydrogens (tertiary/aromatic N) is 2. The minimum absolute atomic E-state index is 0.0191. The summed E-state index contributed by atoms with van der Waals surface area (Å²) in [6.45, 7) is -0.197. The lowest BCUT2D eigenvalue weighted by atomic mass is 10.2. The molecule has 5 nitrogen and oxygen atoms in total. The molecule has 0 spiro atoms. The molecule has 1 rings (SSSR count). The molecule has 0 aromatic carbocycles. The highest BCUT2D eigenvalue weighted by atomic mass is 19.4. The third-order valence-electron chi connectivity index (χ3n) is 2.61. The van der Waals surface area contributed by atoms with Gasteiger partial charge in [0.1, 0.15) is 6.61 Å². The predicted octanol–water partition coefficient (Wildman–Crippen LogP) is 0.776. The molecular weight excluding hydrogens is 239 g/mol. The Balaban J connectivity index is 2.27. The number of amidine groups is 1. The Morgan fingerprint density at radius 3 is 2.82 bits per heavy atom. The Labute approximate surface area is 97.0 Å². The van der Waals surface area contributed by atoms with E-state index in [-0.39, 0.29) is 18.5 Å². The molecule has 0 amide bonds. The van der Waals surface area contributed by atoms with Gasteiger partial charge in [-0.05, 0) is 19.4 Å². The van der Waals surface area contributed by atoms with Gasteiger partial charge >= 0.3 is 6.18 Å². The van der Waals surface area contributed by atoms with E-state index < -0.39 is 12.8 Å². The van der Waals surface area contributed by atoms with Crippen molar-refractivity contribution in [2.24, 2.45) is 10.9 Å². The molecule has 0 bridgehead atoms. The van der Waals surface area contributed by atoms with E-state index in [0.29, 0.717) is 6.54 Å². The van der Waals surface area contributed by atoms with Gasteiger partial charge in [0.2, 0.25) is 0 Å². The van der Waals surface area contributed by atoms with Crippen molar-refractivity contribution < 1.29 is 23.1 Å². The van der Waals surface area contributed by atoms with Gasteiger partial charge in [0.15, 0.2) is 5.84 Å². The van der Waals surface area contributed by atoms with Crippen molar-refractivity contribution in [2.45, 2.75) is 25.1 Å². The molecule has 17 heavy (non-hydrogen) atoms. The zero-order valence-corrected chi connectivity index (χ0v) is 9.28. The summed E-state index contributed by atoms with van der Waals surface area (Å²) in [7, 11) is 0. The molecule has 3 N–H and O–H groups in total. The average molecular weight is 255 g/mol. The summed E-state index contributed by atoms with van der Waals surface area (Å²) in [5.41, 5.74) is 5.48. The van der Waals surface area contributed by atoms with Crippen molar-refractivity contribution in [1.29, 1.82) is 0 Å². The third-order valence-corrected chi connectivity index (χ3v) is 2.61. The van der Waals surface area contributed by atoms with Crippen LogP contribution in [0.2, 0.25) is 0 Å². The molecule has 0 saturated carbocycles. The van der Waals surface area contributed by atoms with Gasteiger partial charge in [-0.15, -0.1) is 0 Å². The molecule has 1 atom stereocenters. The second-order valence-electron chi connectivity index (χ2n) is 3.89. The van der Waals surface area contributed by atoms with Gasteiger partial charge in [-0.2, -0.15) is 13.2 Å². The molecule has 0 aromatic rings. The topological polar surface area (TPSA) is 71.1 Å². The van der Waals surface area contributed by atoms with E-state index in [0.717, 1.165) is 19.4 Å². The Morgan fingerprint density at radius 1 is 1.53 bits per heavy atom.